The monoisotopic (exact) mass is 513 g/mol. The molecule has 0 bridgehead atoms. The van der Waals surface area contributed by atoms with Gasteiger partial charge in [-0.1, -0.05) is 29.0 Å². The number of carbonyl (C=O) groups is 2. The Labute approximate surface area is 205 Å². The average Bonchev–Trinajstić information content (AvgIpc) is 3.58. The lowest BCUT2D eigenvalue weighted by molar-refractivity contribution is -0.380. The van der Waals surface area contributed by atoms with Crippen LogP contribution in [0.25, 0.3) is 16.7 Å². The molecule has 35 heavy (non-hydrogen) atoms. The third kappa shape index (κ3) is 4.26. The van der Waals surface area contributed by atoms with Gasteiger partial charge in [0.1, 0.15) is 11.9 Å². The molecule has 1 aromatic carbocycles. The van der Waals surface area contributed by atoms with Gasteiger partial charge in [0.15, 0.2) is 5.65 Å². The minimum Gasteiger partial charge on any atom is -0.480 e. The molecule has 0 aliphatic carbocycles. The highest BCUT2D eigenvalue weighted by Gasteiger charge is 2.33. The van der Waals surface area contributed by atoms with E-state index in [-0.39, 0.29) is 21.6 Å². The van der Waals surface area contributed by atoms with Gasteiger partial charge in [0.05, 0.1) is 27.1 Å². The van der Waals surface area contributed by atoms with Crippen LogP contribution in [0, 0.1) is 10.1 Å². The highest BCUT2D eigenvalue weighted by molar-refractivity contribution is 7.17. The first-order valence-electron chi connectivity index (χ1n) is 10.4. The largest absolute Gasteiger partial charge is 0.480 e. The van der Waals surface area contributed by atoms with Crippen LogP contribution in [-0.2, 0) is 4.79 Å². The molecule has 0 saturated carbocycles. The number of aliphatic carboxylic acids is 1. The van der Waals surface area contributed by atoms with Gasteiger partial charge in [-0.25, -0.2) is 9.48 Å². The number of anilines is 2. The van der Waals surface area contributed by atoms with Gasteiger partial charge in [-0.2, -0.15) is 15.1 Å². The minimum absolute atomic E-state index is 0.107. The average molecular weight is 514 g/mol. The Morgan fingerprint density at radius 3 is 2.80 bits per heavy atom. The molecular formula is C21H16ClN7O5S. The summed E-state index contributed by atoms with van der Waals surface area (Å²) in [5.41, 5.74) is 0.945. The summed E-state index contributed by atoms with van der Waals surface area (Å²) in [6.45, 7) is 0.429. The third-order valence-corrected chi connectivity index (χ3v) is 6.76. The summed E-state index contributed by atoms with van der Waals surface area (Å²) in [7, 11) is 0. The first-order chi connectivity index (χ1) is 16.8. The zero-order chi connectivity index (χ0) is 24.7. The van der Waals surface area contributed by atoms with Crippen molar-refractivity contribution in [1.29, 1.82) is 0 Å². The van der Waals surface area contributed by atoms with Crippen molar-refractivity contribution < 1.29 is 19.6 Å². The second-order valence-electron chi connectivity index (χ2n) is 7.68. The molecule has 5 rings (SSSR count). The van der Waals surface area contributed by atoms with E-state index >= 15 is 0 Å². The zero-order valence-corrected chi connectivity index (χ0v) is 19.4. The lowest BCUT2D eigenvalue weighted by Gasteiger charge is -2.22. The number of hydrogen-bond acceptors (Lipinski definition) is 9. The fourth-order valence-corrected chi connectivity index (χ4v) is 4.80. The van der Waals surface area contributed by atoms with E-state index in [0.717, 1.165) is 11.3 Å². The molecule has 12 nitrogen and oxygen atoms in total. The molecule has 0 unspecified atom stereocenters. The van der Waals surface area contributed by atoms with Crippen LogP contribution in [0.2, 0.25) is 5.02 Å². The maximum absolute atomic E-state index is 12.9. The van der Waals surface area contributed by atoms with Gasteiger partial charge in [-0.3, -0.25) is 14.9 Å². The molecule has 1 amide bonds. The van der Waals surface area contributed by atoms with Crippen molar-refractivity contribution in [3.8, 4) is 5.69 Å². The fourth-order valence-electron chi connectivity index (χ4n) is 3.90. The molecule has 0 spiro atoms. The first kappa shape index (κ1) is 22.7. The Morgan fingerprint density at radius 2 is 2.09 bits per heavy atom. The number of benzene rings is 1. The van der Waals surface area contributed by atoms with Crippen LogP contribution in [0.4, 0.5) is 16.8 Å². The smallest absolute Gasteiger partial charge is 0.326 e. The highest BCUT2D eigenvalue weighted by Crippen LogP contribution is 2.31. The fraction of sp³-hybridized carbons (Fsp3) is 0.190. The topological polar surface area (TPSA) is 156 Å². The molecule has 1 aliphatic heterocycles. The highest BCUT2D eigenvalue weighted by atomic mass is 35.5. The summed E-state index contributed by atoms with van der Waals surface area (Å²) in [5, 5.41) is 28.4. The minimum atomic E-state index is -0.994. The molecule has 4 heterocycles. The molecule has 2 N–H and O–H groups in total. The van der Waals surface area contributed by atoms with E-state index in [9.17, 15) is 24.8 Å². The number of nitrogens with one attached hydrogen (secondary N) is 1. The van der Waals surface area contributed by atoms with Crippen LogP contribution in [-0.4, -0.2) is 54.2 Å². The number of carboxylic acids is 1. The van der Waals surface area contributed by atoms with Gasteiger partial charge in [-0.15, -0.1) is 0 Å². The maximum Gasteiger partial charge on any atom is 0.326 e. The molecule has 3 aromatic heterocycles. The van der Waals surface area contributed by atoms with Gasteiger partial charge >= 0.3 is 11.0 Å². The molecule has 178 valence electrons. The van der Waals surface area contributed by atoms with Crippen molar-refractivity contribution in [1.82, 2.24) is 19.7 Å². The number of thiophene rings is 1. The second-order valence-corrected chi connectivity index (χ2v) is 9.18. The zero-order valence-electron chi connectivity index (χ0n) is 17.8. The van der Waals surface area contributed by atoms with Crippen molar-refractivity contribution in [2.24, 2.45) is 0 Å². The molecule has 1 aliphatic rings. The van der Waals surface area contributed by atoms with Gasteiger partial charge in [0.25, 0.3) is 5.91 Å². The molecule has 1 saturated heterocycles. The van der Waals surface area contributed by atoms with Crippen LogP contribution >= 0.6 is 22.9 Å². The summed E-state index contributed by atoms with van der Waals surface area (Å²) in [4.78, 5) is 45.8. The van der Waals surface area contributed by atoms with E-state index in [1.807, 2.05) is 0 Å². The Hall–Kier alpha value is -4.10. The predicted molar refractivity (Wildman–Crippen MR) is 129 cm³/mol. The third-order valence-electron chi connectivity index (χ3n) is 5.49. The number of nitrogens with zero attached hydrogens (tertiary/aromatic N) is 6. The van der Waals surface area contributed by atoms with Gasteiger partial charge in [0, 0.05) is 17.6 Å². The number of carbonyl (C=O) groups excluding carboxylic acids is 1. The number of rotatable bonds is 6. The van der Waals surface area contributed by atoms with Gasteiger partial charge in [0.2, 0.25) is 5.95 Å². The van der Waals surface area contributed by atoms with E-state index in [2.05, 4.69) is 20.4 Å². The number of amides is 1. The van der Waals surface area contributed by atoms with Crippen LogP contribution < -0.4 is 10.2 Å². The molecule has 14 heteroatoms. The van der Waals surface area contributed by atoms with E-state index < -0.39 is 22.8 Å². The second kappa shape index (κ2) is 8.92. The molecule has 1 fully saturated rings. The lowest BCUT2D eigenvalue weighted by atomic mass is 10.2. The summed E-state index contributed by atoms with van der Waals surface area (Å²) >= 11 is 6.88. The molecule has 1 atom stereocenters. The summed E-state index contributed by atoms with van der Waals surface area (Å²) in [5.74, 6) is -1.36. The van der Waals surface area contributed by atoms with Crippen LogP contribution in [0.3, 0.4) is 0 Å². The molecule has 0 radical (unpaired) electrons. The Balaban J connectivity index is 1.62. The lowest BCUT2D eigenvalue weighted by Crippen LogP contribution is -2.37. The van der Waals surface area contributed by atoms with Crippen LogP contribution in [0.5, 0.6) is 0 Å². The Morgan fingerprint density at radius 1 is 1.26 bits per heavy atom. The number of aromatic nitrogens is 4. The van der Waals surface area contributed by atoms with E-state index in [4.69, 9.17) is 11.6 Å². The van der Waals surface area contributed by atoms with Crippen molar-refractivity contribution in [2.75, 3.05) is 16.8 Å². The van der Waals surface area contributed by atoms with Gasteiger partial charge < -0.3 is 15.3 Å². The normalized spacial score (nSPS) is 15.5. The number of carboxylic acid groups (broad SMARTS) is 1. The molecular weight excluding hydrogens is 498 g/mol. The first-order valence-corrected chi connectivity index (χ1v) is 11.6. The number of hydrogen-bond donors (Lipinski definition) is 2. The van der Waals surface area contributed by atoms with Crippen LogP contribution in [0.15, 0.2) is 42.6 Å². The van der Waals surface area contributed by atoms with Crippen molar-refractivity contribution in [3.63, 3.8) is 0 Å². The number of fused-ring (bicyclic) bond motifs is 1. The van der Waals surface area contributed by atoms with Crippen LogP contribution in [0.1, 0.15) is 22.5 Å². The van der Waals surface area contributed by atoms with Crippen molar-refractivity contribution in [2.45, 2.75) is 18.9 Å². The van der Waals surface area contributed by atoms with Gasteiger partial charge in [-0.05, 0) is 37.1 Å². The summed E-state index contributed by atoms with van der Waals surface area (Å²) < 4.78 is 1.52. The Bertz CT molecular complexity index is 1490. The number of halogens is 1. The quantitative estimate of drug-likeness (QED) is 0.289. The van der Waals surface area contributed by atoms with E-state index in [0.29, 0.717) is 41.1 Å². The standard InChI is InChI=1S/C21H16ClN7O5S/c22-11-3-1-4-12(9-11)28-18-13(10-23-28)17(24-19(30)15-6-7-16(35-15)29(33)34)25-21(26-18)27-8-2-5-14(27)20(31)32/h1,3-4,6-7,9-10,14H,2,5,8H2,(H,31,32)(H,24,25,26,30)/t14-/m0/s1. The van der Waals surface area contributed by atoms with Crippen molar-refractivity contribution in [3.05, 3.63) is 62.6 Å². The van der Waals surface area contributed by atoms with E-state index in [1.54, 1.807) is 29.2 Å². The number of nitro groups is 1. The summed E-state index contributed by atoms with van der Waals surface area (Å²) in [6, 6.07) is 8.73. The summed E-state index contributed by atoms with van der Waals surface area (Å²) in [6.07, 6.45) is 2.56. The van der Waals surface area contributed by atoms with E-state index in [1.165, 1.54) is 23.0 Å². The SMILES string of the molecule is O=C(Nc1nc(N2CCC[C@H]2C(=O)O)nc2c1cnn2-c1cccc(Cl)c1)c1ccc([N+](=O)[O-])s1. The maximum atomic E-state index is 12.9. The predicted octanol–water partition coefficient (Wildman–Crippen LogP) is 3.74. The Kier molecular flexibility index (Phi) is 5.78. The van der Waals surface area contributed by atoms with Crippen molar-refractivity contribution >= 4 is 62.6 Å². The molecule has 4 aromatic rings.